The van der Waals surface area contributed by atoms with Crippen LogP contribution in [0.4, 0.5) is 0 Å². The number of carbonyl (C=O) groups is 1. The summed E-state index contributed by atoms with van der Waals surface area (Å²) in [4.78, 5) is 16.8. The molecule has 24 heavy (non-hydrogen) atoms. The maximum atomic E-state index is 12.6. The molecule has 0 aliphatic rings. The second-order valence-electron chi connectivity index (χ2n) is 6.13. The summed E-state index contributed by atoms with van der Waals surface area (Å²) in [6, 6.07) is 3.53. The van der Waals surface area contributed by atoms with E-state index >= 15 is 0 Å². The Hall–Kier alpha value is -2.67. The molecule has 1 unspecified atom stereocenters. The van der Waals surface area contributed by atoms with Crippen LogP contribution in [0.3, 0.4) is 0 Å². The first-order chi connectivity index (χ1) is 11.3. The molecule has 3 heterocycles. The van der Waals surface area contributed by atoms with Crippen molar-refractivity contribution in [2.75, 3.05) is 6.54 Å². The van der Waals surface area contributed by atoms with Crippen molar-refractivity contribution in [2.24, 2.45) is 0 Å². The lowest BCUT2D eigenvalue weighted by Gasteiger charge is -2.23. The number of nitrogens with zero attached hydrogens (tertiary/aromatic N) is 3. The standard InChI is InChI=1S/C17H20N4O3/c1-10-8-13(12(3)24-10)17(4,23)9-19-16(22)14-11(2)20-21-7-5-6-18-15(14)21/h5-8,23H,9H2,1-4H3,(H,19,22). The number of hydrogen-bond donors (Lipinski definition) is 2. The van der Waals surface area contributed by atoms with Crippen molar-refractivity contribution in [1.29, 1.82) is 0 Å². The number of aryl methyl sites for hydroxylation is 3. The first-order valence-corrected chi connectivity index (χ1v) is 7.67. The van der Waals surface area contributed by atoms with Gasteiger partial charge in [0, 0.05) is 18.0 Å². The number of aromatic nitrogens is 3. The molecule has 0 saturated carbocycles. The Morgan fingerprint density at radius 3 is 2.83 bits per heavy atom. The summed E-state index contributed by atoms with van der Waals surface area (Å²) < 4.78 is 7.02. The van der Waals surface area contributed by atoms with Crippen molar-refractivity contribution >= 4 is 11.6 Å². The highest BCUT2D eigenvalue weighted by Crippen LogP contribution is 2.26. The third-order valence-electron chi connectivity index (χ3n) is 4.01. The molecule has 0 bridgehead atoms. The van der Waals surface area contributed by atoms with Crippen LogP contribution in [-0.2, 0) is 5.60 Å². The van der Waals surface area contributed by atoms with Gasteiger partial charge in [0.1, 0.15) is 22.7 Å². The van der Waals surface area contributed by atoms with Gasteiger partial charge in [0.05, 0.1) is 12.2 Å². The lowest BCUT2D eigenvalue weighted by atomic mass is 9.96. The minimum atomic E-state index is -1.23. The van der Waals surface area contributed by atoms with Gasteiger partial charge in [-0.25, -0.2) is 9.50 Å². The van der Waals surface area contributed by atoms with Crippen LogP contribution in [0.25, 0.3) is 5.65 Å². The Bertz CT molecular complexity index is 908. The third-order valence-corrected chi connectivity index (χ3v) is 4.01. The average molecular weight is 328 g/mol. The second kappa shape index (κ2) is 5.76. The van der Waals surface area contributed by atoms with Gasteiger partial charge in [-0.15, -0.1) is 0 Å². The van der Waals surface area contributed by atoms with Crippen LogP contribution in [0.15, 0.2) is 28.9 Å². The predicted octanol–water partition coefficient (Wildman–Crippen LogP) is 1.89. The molecule has 0 aromatic carbocycles. The van der Waals surface area contributed by atoms with Crippen molar-refractivity contribution < 1.29 is 14.3 Å². The Morgan fingerprint density at radius 2 is 2.17 bits per heavy atom. The molecule has 0 aliphatic carbocycles. The number of aliphatic hydroxyl groups is 1. The monoisotopic (exact) mass is 328 g/mol. The highest BCUT2D eigenvalue weighted by Gasteiger charge is 2.29. The van der Waals surface area contributed by atoms with Crippen LogP contribution < -0.4 is 5.32 Å². The van der Waals surface area contributed by atoms with E-state index in [4.69, 9.17) is 4.42 Å². The molecule has 3 aromatic heterocycles. The van der Waals surface area contributed by atoms with E-state index < -0.39 is 5.60 Å². The largest absolute Gasteiger partial charge is 0.466 e. The quantitative estimate of drug-likeness (QED) is 0.763. The topological polar surface area (TPSA) is 92.7 Å². The SMILES string of the molecule is Cc1cc(C(C)(O)CNC(=O)c2c(C)nn3cccnc23)c(C)o1. The molecule has 7 nitrogen and oxygen atoms in total. The van der Waals surface area contributed by atoms with Crippen LogP contribution >= 0.6 is 0 Å². The Kier molecular flexibility index (Phi) is 3.88. The molecule has 3 rings (SSSR count). The predicted molar refractivity (Wildman–Crippen MR) is 87.8 cm³/mol. The van der Waals surface area contributed by atoms with Gasteiger partial charge in [-0.2, -0.15) is 5.10 Å². The van der Waals surface area contributed by atoms with Crippen LogP contribution in [0.5, 0.6) is 0 Å². The van der Waals surface area contributed by atoms with Gasteiger partial charge in [-0.3, -0.25) is 4.79 Å². The average Bonchev–Trinajstić information content (AvgIpc) is 3.03. The molecule has 2 N–H and O–H groups in total. The highest BCUT2D eigenvalue weighted by molar-refractivity contribution is 6.01. The molecule has 1 amide bonds. The summed E-state index contributed by atoms with van der Waals surface area (Å²) in [6.45, 7) is 7.06. The minimum absolute atomic E-state index is 0.0509. The Morgan fingerprint density at radius 1 is 1.42 bits per heavy atom. The van der Waals surface area contributed by atoms with Crippen molar-refractivity contribution in [2.45, 2.75) is 33.3 Å². The van der Waals surface area contributed by atoms with Crippen molar-refractivity contribution in [3.8, 4) is 0 Å². The summed E-state index contributed by atoms with van der Waals surface area (Å²) in [5, 5.41) is 17.7. The Balaban J connectivity index is 1.82. The van der Waals surface area contributed by atoms with Crippen molar-refractivity contribution in [3.63, 3.8) is 0 Å². The molecule has 7 heteroatoms. The summed E-state index contributed by atoms with van der Waals surface area (Å²) in [5.74, 6) is 1.04. The van der Waals surface area contributed by atoms with E-state index in [0.29, 0.717) is 28.2 Å². The summed E-state index contributed by atoms with van der Waals surface area (Å²) in [5.41, 5.74) is 0.909. The lowest BCUT2D eigenvalue weighted by molar-refractivity contribution is 0.0514. The normalized spacial score (nSPS) is 13.9. The van der Waals surface area contributed by atoms with E-state index in [1.807, 2.05) is 6.92 Å². The van der Waals surface area contributed by atoms with E-state index in [1.54, 1.807) is 49.8 Å². The van der Waals surface area contributed by atoms with Gasteiger partial charge < -0.3 is 14.8 Å². The van der Waals surface area contributed by atoms with Crippen LogP contribution in [0.2, 0.25) is 0 Å². The van der Waals surface area contributed by atoms with Crippen LogP contribution in [0.1, 0.15) is 40.1 Å². The smallest absolute Gasteiger partial charge is 0.257 e. The van der Waals surface area contributed by atoms with Gasteiger partial charge in [0.2, 0.25) is 0 Å². The molecule has 0 spiro atoms. The number of furan rings is 1. The molecule has 0 radical (unpaired) electrons. The molecule has 1 atom stereocenters. The fourth-order valence-corrected chi connectivity index (χ4v) is 2.86. The van der Waals surface area contributed by atoms with E-state index in [0.717, 1.165) is 5.76 Å². The first kappa shape index (κ1) is 16.2. The molecule has 3 aromatic rings. The third kappa shape index (κ3) is 2.78. The zero-order valence-corrected chi connectivity index (χ0v) is 14.1. The first-order valence-electron chi connectivity index (χ1n) is 7.67. The number of amides is 1. The van der Waals surface area contributed by atoms with E-state index in [2.05, 4.69) is 15.4 Å². The van der Waals surface area contributed by atoms with E-state index in [-0.39, 0.29) is 12.5 Å². The number of rotatable bonds is 4. The summed E-state index contributed by atoms with van der Waals surface area (Å²) >= 11 is 0. The second-order valence-corrected chi connectivity index (χ2v) is 6.13. The van der Waals surface area contributed by atoms with Gasteiger partial charge in [-0.1, -0.05) is 0 Å². The number of hydrogen-bond acceptors (Lipinski definition) is 5. The fraction of sp³-hybridized carbons (Fsp3) is 0.353. The van der Waals surface area contributed by atoms with Crippen molar-refractivity contribution in [3.05, 3.63) is 52.9 Å². The summed E-state index contributed by atoms with van der Waals surface area (Å²) in [7, 11) is 0. The lowest BCUT2D eigenvalue weighted by Crippen LogP contribution is -2.39. The zero-order chi connectivity index (χ0) is 17.5. The molecule has 0 saturated heterocycles. The molecular formula is C17H20N4O3. The number of fused-ring (bicyclic) bond motifs is 1. The molecule has 0 aliphatic heterocycles. The molecule has 126 valence electrons. The molecule has 0 fully saturated rings. The van der Waals surface area contributed by atoms with Crippen LogP contribution in [0, 0.1) is 20.8 Å². The molecular weight excluding hydrogens is 308 g/mol. The Labute approximate surface area is 139 Å². The van der Waals surface area contributed by atoms with Gasteiger partial charge in [-0.05, 0) is 39.8 Å². The maximum Gasteiger partial charge on any atom is 0.257 e. The summed E-state index contributed by atoms with van der Waals surface area (Å²) in [6.07, 6.45) is 3.35. The number of nitrogens with one attached hydrogen (secondary N) is 1. The highest BCUT2D eigenvalue weighted by atomic mass is 16.3. The van der Waals surface area contributed by atoms with E-state index in [1.165, 1.54) is 0 Å². The van der Waals surface area contributed by atoms with Crippen molar-refractivity contribution in [1.82, 2.24) is 19.9 Å². The maximum absolute atomic E-state index is 12.6. The minimum Gasteiger partial charge on any atom is -0.466 e. The zero-order valence-electron chi connectivity index (χ0n) is 14.1. The fourth-order valence-electron chi connectivity index (χ4n) is 2.86. The number of carbonyl (C=O) groups excluding carboxylic acids is 1. The van der Waals surface area contributed by atoms with Gasteiger partial charge in [0.15, 0.2) is 5.65 Å². The van der Waals surface area contributed by atoms with E-state index in [9.17, 15) is 9.90 Å². The van der Waals surface area contributed by atoms with Crippen LogP contribution in [-0.4, -0.2) is 32.2 Å². The van der Waals surface area contributed by atoms with Gasteiger partial charge >= 0.3 is 0 Å². The van der Waals surface area contributed by atoms with Gasteiger partial charge in [0.25, 0.3) is 5.91 Å².